The van der Waals surface area contributed by atoms with E-state index in [1.807, 2.05) is 12.1 Å². The summed E-state index contributed by atoms with van der Waals surface area (Å²) in [6.45, 7) is 3.36. The summed E-state index contributed by atoms with van der Waals surface area (Å²) in [5.41, 5.74) is 1.40. The van der Waals surface area contributed by atoms with E-state index in [1.54, 1.807) is 12.1 Å². The van der Waals surface area contributed by atoms with Crippen LogP contribution in [0.4, 0.5) is 5.69 Å². The first-order valence-corrected chi connectivity index (χ1v) is 11.6. The number of quaternary nitrogens is 1. The molecule has 3 nitrogen and oxygen atoms in total. The number of hydrogen-bond donors (Lipinski definition) is 0. The second kappa shape index (κ2) is 14.6. The van der Waals surface area contributed by atoms with Gasteiger partial charge in [0.05, 0.1) is 26.6 Å². The lowest BCUT2D eigenvalue weighted by atomic mass is 10.0. The van der Waals surface area contributed by atoms with Crippen molar-refractivity contribution in [3.05, 3.63) is 29.8 Å². The highest BCUT2D eigenvalue weighted by atomic mass is 16.4. The van der Waals surface area contributed by atoms with Crippen molar-refractivity contribution in [3.63, 3.8) is 0 Å². The van der Waals surface area contributed by atoms with Crippen LogP contribution >= 0.6 is 0 Å². The fraction of sp³-hybridized carbons (Fsp3) is 0.720. The summed E-state index contributed by atoms with van der Waals surface area (Å²) < 4.78 is 0.797. The fourth-order valence-corrected chi connectivity index (χ4v) is 3.83. The van der Waals surface area contributed by atoms with Crippen LogP contribution in [0.15, 0.2) is 24.3 Å². The van der Waals surface area contributed by atoms with E-state index in [2.05, 4.69) is 21.0 Å². The molecular formula is C25H43NO2. The number of carboxylic acids is 1. The van der Waals surface area contributed by atoms with Gasteiger partial charge in [-0.15, -0.1) is 0 Å². The minimum absolute atomic E-state index is 0.250. The van der Waals surface area contributed by atoms with Crippen molar-refractivity contribution in [2.75, 3.05) is 20.6 Å². The number of aromatic carboxylic acids is 1. The summed E-state index contributed by atoms with van der Waals surface area (Å²) in [6, 6.07) is 7.12. The number of rotatable bonds is 17. The molecule has 0 N–H and O–H groups in total. The molecule has 1 aromatic rings. The van der Waals surface area contributed by atoms with Gasteiger partial charge in [-0.3, -0.25) is 4.48 Å². The molecule has 28 heavy (non-hydrogen) atoms. The summed E-state index contributed by atoms with van der Waals surface area (Å²) in [5, 5.41) is 10.9. The minimum atomic E-state index is -1.11. The zero-order chi connectivity index (χ0) is 20.7. The standard InChI is InChI=1S/C25H43NO2/c1-4-5-6-7-8-9-10-11-12-13-14-15-16-17-22-26(2,3)24-20-18-23(19-21-24)25(27)28/h18-21H,4-17,22H2,1-3H3. The van der Waals surface area contributed by atoms with E-state index >= 15 is 0 Å². The third-order valence-corrected chi connectivity index (χ3v) is 5.87. The summed E-state index contributed by atoms with van der Waals surface area (Å²) in [5.74, 6) is -1.11. The number of benzene rings is 1. The van der Waals surface area contributed by atoms with Gasteiger partial charge in [0.25, 0.3) is 0 Å². The van der Waals surface area contributed by atoms with Gasteiger partial charge < -0.3 is 9.90 Å². The van der Waals surface area contributed by atoms with Gasteiger partial charge >= 0.3 is 0 Å². The van der Waals surface area contributed by atoms with E-state index in [9.17, 15) is 9.90 Å². The lowest BCUT2D eigenvalue weighted by molar-refractivity contribution is -0.255. The quantitative estimate of drug-likeness (QED) is 0.239. The maximum atomic E-state index is 10.9. The smallest absolute Gasteiger partial charge is 0.132 e. The molecule has 1 rings (SSSR count). The third-order valence-electron chi connectivity index (χ3n) is 5.87. The predicted molar refractivity (Wildman–Crippen MR) is 120 cm³/mol. The Morgan fingerprint density at radius 3 is 1.50 bits per heavy atom. The highest BCUT2D eigenvalue weighted by Gasteiger charge is 2.18. The van der Waals surface area contributed by atoms with Crippen LogP contribution in [0.3, 0.4) is 0 Å². The summed E-state index contributed by atoms with van der Waals surface area (Å²) in [7, 11) is 4.38. The van der Waals surface area contributed by atoms with Gasteiger partial charge in [-0.25, -0.2) is 0 Å². The van der Waals surface area contributed by atoms with Gasteiger partial charge in [0.1, 0.15) is 5.69 Å². The SMILES string of the molecule is CCCCCCCCCCCCCCCC[N+](C)(C)c1ccc(C(=O)[O-])cc1. The van der Waals surface area contributed by atoms with Gasteiger partial charge in [-0.1, -0.05) is 84.0 Å². The van der Waals surface area contributed by atoms with Crippen LogP contribution in [0, 0.1) is 0 Å². The largest absolute Gasteiger partial charge is 0.545 e. The third kappa shape index (κ3) is 10.8. The lowest BCUT2D eigenvalue weighted by Crippen LogP contribution is -2.41. The van der Waals surface area contributed by atoms with E-state index < -0.39 is 5.97 Å². The normalized spacial score (nSPS) is 11.7. The van der Waals surface area contributed by atoms with E-state index in [0.717, 1.165) is 16.7 Å². The zero-order valence-corrected chi connectivity index (χ0v) is 18.7. The highest BCUT2D eigenvalue weighted by molar-refractivity contribution is 5.86. The van der Waals surface area contributed by atoms with Crippen LogP contribution in [0.1, 0.15) is 107 Å². The van der Waals surface area contributed by atoms with Crippen molar-refractivity contribution in [2.24, 2.45) is 0 Å². The van der Waals surface area contributed by atoms with Crippen LogP contribution in [-0.2, 0) is 0 Å². The molecule has 0 atom stereocenters. The predicted octanol–water partition coefficient (Wildman–Crippen LogP) is 6.10. The number of hydrogen-bond acceptors (Lipinski definition) is 2. The number of unbranched alkanes of at least 4 members (excludes halogenated alkanes) is 13. The molecule has 0 heterocycles. The molecule has 0 unspecified atom stereocenters. The molecule has 0 spiro atoms. The molecule has 0 aromatic heterocycles. The average Bonchev–Trinajstić information content (AvgIpc) is 2.68. The molecule has 160 valence electrons. The molecule has 0 saturated heterocycles. The van der Waals surface area contributed by atoms with Gasteiger partial charge in [0.2, 0.25) is 0 Å². The van der Waals surface area contributed by atoms with Crippen molar-refractivity contribution >= 4 is 11.7 Å². The molecule has 0 amide bonds. The lowest BCUT2D eigenvalue weighted by Gasteiger charge is -2.29. The summed E-state index contributed by atoms with van der Waals surface area (Å²) in [4.78, 5) is 10.9. The maximum absolute atomic E-state index is 10.9. The summed E-state index contributed by atoms with van der Waals surface area (Å²) >= 11 is 0. The Kier molecular flexibility index (Phi) is 12.9. The van der Waals surface area contributed by atoms with Crippen LogP contribution in [0.25, 0.3) is 0 Å². The number of carboxylic acid groups (broad SMARTS) is 1. The van der Waals surface area contributed by atoms with Gasteiger partial charge in [0, 0.05) is 0 Å². The maximum Gasteiger partial charge on any atom is 0.132 e. The molecule has 0 aliphatic carbocycles. The summed E-state index contributed by atoms with van der Waals surface area (Å²) in [6.07, 6.45) is 19.3. The van der Waals surface area contributed by atoms with Gasteiger partial charge in [-0.2, -0.15) is 0 Å². The monoisotopic (exact) mass is 389 g/mol. The zero-order valence-electron chi connectivity index (χ0n) is 18.7. The first-order valence-electron chi connectivity index (χ1n) is 11.6. The molecule has 0 saturated carbocycles. The highest BCUT2D eigenvalue weighted by Crippen LogP contribution is 2.21. The van der Waals surface area contributed by atoms with Gasteiger partial charge in [0.15, 0.2) is 0 Å². The molecule has 0 aliphatic heterocycles. The van der Waals surface area contributed by atoms with E-state index in [0.29, 0.717) is 0 Å². The Labute approximate surface area is 173 Å². The number of carbonyl (C=O) groups is 1. The second-order valence-electron chi connectivity index (χ2n) is 8.84. The Bertz CT molecular complexity index is 522. The minimum Gasteiger partial charge on any atom is -0.545 e. The Balaban J connectivity index is 2.01. The fourth-order valence-electron chi connectivity index (χ4n) is 3.83. The molecule has 3 heteroatoms. The van der Waals surface area contributed by atoms with Crippen molar-refractivity contribution in [3.8, 4) is 0 Å². The van der Waals surface area contributed by atoms with E-state index in [-0.39, 0.29) is 5.56 Å². The Morgan fingerprint density at radius 1 is 0.714 bits per heavy atom. The van der Waals surface area contributed by atoms with Crippen LogP contribution in [0.5, 0.6) is 0 Å². The van der Waals surface area contributed by atoms with Crippen LogP contribution in [0.2, 0.25) is 0 Å². The first-order chi connectivity index (χ1) is 13.5. The van der Waals surface area contributed by atoms with Crippen LogP contribution in [-0.4, -0.2) is 26.6 Å². The van der Waals surface area contributed by atoms with E-state index in [1.165, 1.54) is 89.9 Å². The molecular weight excluding hydrogens is 346 g/mol. The Hall–Kier alpha value is -1.35. The number of nitrogens with zero attached hydrogens (tertiary/aromatic N) is 1. The topological polar surface area (TPSA) is 40.1 Å². The van der Waals surface area contributed by atoms with E-state index in [4.69, 9.17) is 0 Å². The average molecular weight is 390 g/mol. The Morgan fingerprint density at radius 2 is 1.11 bits per heavy atom. The molecule has 0 fully saturated rings. The second-order valence-corrected chi connectivity index (χ2v) is 8.84. The van der Waals surface area contributed by atoms with Crippen LogP contribution < -0.4 is 9.59 Å². The van der Waals surface area contributed by atoms with Crippen molar-refractivity contribution in [2.45, 2.75) is 96.8 Å². The molecule has 0 radical (unpaired) electrons. The number of carbonyl (C=O) groups excluding carboxylic acids is 1. The first kappa shape index (κ1) is 24.7. The van der Waals surface area contributed by atoms with Gasteiger partial charge in [-0.05, 0) is 42.7 Å². The molecule has 0 bridgehead atoms. The molecule has 1 aromatic carbocycles. The van der Waals surface area contributed by atoms with Crippen molar-refractivity contribution in [1.82, 2.24) is 4.48 Å². The van der Waals surface area contributed by atoms with Crippen molar-refractivity contribution < 1.29 is 9.90 Å². The molecule has 0 aliphatic rings. The van der Waals surface area contributed by atoms with Crippen molar-refractivity contribution in [1.29, 1.82) is 0 Å².